The third-order valence-corrected chi connectivity index (χ3v) is 3.65. The van der Waals surface area contributed by atoms with Crippen LogP contribution in [0.5, 0.6) is 0 Å². The van der Waals surface area contributed by atoms with Crippen molar-refractivity contribution >= 4 is 29.0 Å². The molecule has 2 rings (SSSR count). The summed E-state index contributed by atoms with van der Waals surface area (Å²) in [6.45, 7) is 3.76. The van der Waals surface area contributed by atoms with Crippen molar-refractivity contribution in [2.75, 3.05) is 0 Å². The van der Waals surface area contributed by atoms with Gasteiger partial charge in [0.15, 0.2) is 5.78 Å². The van der Waals surface area contributed by atoms with Gasteiger partial charge in [0.05, 0.1) is 15.6 Å². The molecule has 0 amide bonds. The van der Waals surface area contributed by atoms with Gasteiger partial charge < -0.3 is 0 Å². The Balaban J connectivity index is 2.60. The van der Waals surface area contributed by atoms with Crippen LogP contribution in [-0.4, -0.2) is 5.78 Å². The van der Waals surface area contributed by atoms with E-state index >= 15 is 0 Å². The summed E-state index contributed by atoms with van der Waals surface area (Å²) in [4.78, 5) is 12.4. The molecule has 2 aromatic rings. The van der Waals surface area contributed by atoms with E-state index in [0.29, 0.717) is 5.02 Å². The summed E-state index contributed by atoms with van der Waals surface area (Å²) in [6, 6.07) is 7.49. The van der Waals surface area contributed by atoms with Gasteiger partial charge in [-0.2, -0.15) is 0 Å². The number of aryl methyl sites for hydroxylation is 2. The second-order valence-corrected chi connectivity index (χ2v) is 5.16. The van der Waals surface area contributed by atoms with Crippen LogP contribution in [-0.2, 0) is 0 Å². The van der Waals surface area contributed by atoms with Gasteiger partial charge in [0, 0.05) is 5.56 Å². The summed E-state index contributed by atoms with van der Waals surface area (Å²) in [5.74, 6) is -1.15. The summed E-state index contributed by atoms with van der Waals surface area (Å²) in [5, 5.41) is 0.381. The van der Waals surface area contributed by atoms with Crippen LogP contribution in [0.4, 0.5) is 4.39 Å². The summed E-state index contributed by atoms with van der Waals surface area (Å²) in [6.07, 6.45) is 0. The molecule has 0 N–H and O–H groups in total. The molecule has 4 heteroatoms. The van der Waals surface area contributed by atoms with Crippen molar-refractivity contribution in [3.63, 3.8) is 0 Å². The van der Waals surface area contributed by atoms with Gasteiger partial charge in [0.25, 0.3) is 0 Å². The Kier molecular flexibility index (Phi) is 3.93. The maximum atomic E-state index is 13.7. The van der Waals surface area contributed by atoms with Crippen molar-refractivity contribution in [1.29, 1.82) is 0 Å². The van der Waals surface area contributed by atoms with E-state index in [2.05, 4.69) is 0 Å². The standard InChI is InChI=1S/C15H11Cl2FO/c1-8-6-10(12(17)7-9(8)2)15(19)14-11(16)4-3-5-13(14)18/h3-7H,1-2H3. The number of halogens is 3. The van der Waals surface area contributed by atoms with E-state index in [0.717, 1.165) is 11.1 Å². The molecule has 0 aliphatic carbocycles. The first-order valence-corrected chi connectivity index (χ1v) is 6.43. The second-order valence-electron chi connectivity index (χ2n) is 4.34. The van der Waals surface area contributed by atoms with Crippen molar-refractivity contribution < 1.29 is 9.18 Å². The van der Waals surface area contributed by atoms with Crippen molar-refractivity contribution in [1.82, 2.24) is 0 Å². The Hall–Kier alpha value is -1.38. The smallest absolute Gasteiger partial charge is 0.198 e. The van der Waals surface area contributed by atoms with Crippen molar-refractivity contribution in [2.45, 2.75) is 13.8 Å². The van der Waals surface area contributed by atoms with Gasteiger partial charge >= 0.3 is 0 Å². The summed E-state index contributed by atoms with van der Waals surface area (Å²) < 4.78 is 13.7. The molecule has 0 aromatic heterocycles. The van der Waals surface area contributed by atoms with E-state index in [9.17, 15) is 9.18 Å². The van der Waals surface area contributed by atoms with Gasteiger partial charge in [-0.3, -0.25) is 4.79 Å². The first-order valence-electron chi connectivity index (χ1n) is 5.67. The highest BCUT2D eigenvalue weighted by Crippen LogP contribution is 2.27. The van der Waals surface area contributed by atoms with Crippen LogP contribution in [0.2, 0.25) is 10.0 Å². The molecule has 0 aliphatic rings. The molecular formula is C15H11Cl2FO. The third-order valence-electron chi connectivity index (χ3n) is 3.02. The molecule has 2 aromatic carbocycles. The van der Waals surface area contributed by atoms with E-state index in [-0.39, 0.29) is 16.1 Å². The number of hydrogen-bond donors (Lipinski definition) is 0. The lowest BCUT2D eigenvalue weighted by molar-refractivity contribution is 0.103. The molecule has 0 aliphatic heterocycles. The minimum atomic E-state index is -0.646. The quantitative estimate of drug-likeness (QED) is 0.714. The Morgan fingerprint density at radius 2 is 1.68 bits per heavy atom. The minimum absolute atomic E-state index is 0.0827. The lowest BCUT2D eigenvalue weighted by Crippen LogP contribution is -2.07. The molecule has 98 valence electrons. The Morgan fingerprint density at radius 3 is 2.32 bits per heavy atom. The average molecular weight is 297 g/mol. The van der Waals surface area contributed by atoms with Gasteiger partial charge in [-0.05, 0) is 49.2 Å². The number of carbonyl (C=O) groups is 1. The zero-order valence-electron chi connectivity index (χ0n) is 10.4. The van der Waals surface area contributed by atoms with E-state index in [1.807, 2.05) is 13.8 Å². The average Bonchev–Trinajstić information content (AvgIpc) is 2.33. The van der Waals surface area contributed by atoms with Gasteiger partial charge in [-0.25, -0.2) is 4.39 Å². The Bertz CT molecular complexity index is 645. The fourth-order valence-corrected chi connectivity index (χ4v) is 2.36. The van der Waals surface area contributed by atoms with Crippen LogP contribution in [0.1, 0.15) is 27.0 Å². The van der Waals surface area contributed by atoms with E-state index in [1.54, 1.807) is 12.1 Å². The van der Waals surface area contributed by atoms with Crippen molar-refractivity contribution in [2.24, 2.45) is 0 Å². The molecule has 0 heterocycles. The third kappa shape index (κ3) is 2.65. The summed E-state index contributed by atoms with van der Waals surface area (Å²) in [7, 11) is 0. The molecule has 0 radical (unpaired) electrons. The zero-order valence-corrected chi connectivity index (χ0v) is 11.9. The number of carbonyl (C=O) groups excluding carboxylic acids is 1. The monoisotopic (exact) mass is 296 g/mol. The fraction of sp³-hybridized carbons (Fsp3) is 0.133. The number of benzene rings is 2. The molecule has 0 spiro atoms. The summed E-state index contributed by atoms with van der Waals surface area (Å²) >= 11 is 12.0. The first kappa shape index (κ1) is 14.0. The van der Waals surface area contributed by atoms with Crippen molar-refractivity contribution in [3.8, 4) is 0 Å². The second kappa shape index (κ2) is 5.32. The molecule has 0 atom stereocenters. The predicted octanol–water partition coefficient (Wildman–Crippen LogP) is 4.98. The minimum Gasteiger partial charge on any atom is -0.288 e. The van der Waals surface area contributed by atoms with Gasteiger partial charge in [0.2, 0.25) is 0 Å². The van der Waals surface area contributed by atoms with Crippen LogP contribution in [0.3, 0.4) is 0 Å². The maximum absolute atomic E-state index is 13.7. The van der Waals surface area contributed by atoms with Gasteiger partial charge in [-0.1, -0.05) is 29.3 Å². The SMILES string of the molecule is Cc1cc(Cl)c(C(=O)c2c(F)cccc2Cl)cc1C. The van der Waals surface area contributed by atoms with Crippen LogP contribution in [0, 0.1) is 19.7 Å². The Morgan fingerprint density at radius 1 is 1.05 bits per heavy atom. The molecule has 0 bridgehead atoms. The van der Waals surface area contributed by atoms with E-state index in [1.165, 1.54) is 18.2 Å². The number of ketones is 1. The van der Waals surface area contributed by atoms with Crippen molar-refractivity contribution in [3.05, 3.63) is 68.4 Å². The predicted molar refractivity (Wildman–Crippen MR) is 75.8 cm³/mol. The molecule has 1 nitrogen and oxygen atoms in total. The number of hydrogen-bond acceptors (Lipinski definition) is 1. The maximum Gasteiger partial charge on any atom is 0.198 e. The topological polar surface area (TPSA) is 17.1 Å². The van der Waals surface area contributed by atoms with Gasteiger partial charge in [0.1, 0.15) is 5.82 Å². The van der Waals surface area contributed by atoms with Crippen LogP contribution >= 0.6 is 23.2 Å². The molecule has 0 saturated carbocycles. The highest BCUT2D eigenvalue weighted by molar-refractivity contribution is 6.38. The largest absolute Gasteiger partial charge is 0.288 e. The molecule has 19 heavy (non-hydrogen) atoms. The number of rotatable bonds is 2. The van der Waals surface area contributed by atoms with E-state index in [4.69, 9.17) is 23.2 Å². The van der Waals surface area contributed by atoms with Crippen LogP contribution in [0.15, 0.2) is 30.3 Å². The Labute approximate surface area is 121 Å². The highest BCUT2D eigenvalue weighted by atomic mass is 35.5. The highest BCUT2D eigenvalue weighted by Gasteiger charge is 2.20. The van der Waals surface area contributed by atoms with Crippen LogP contribution in [0.25, 0.3) is 0 Å². The zero-order chi connectivity index (χ0) is 14.2. The van der Waals surface area contributed by atoms with E-state index < -0.39 is 11.6 Å². The fourth-order valence-electron chi connectivity index (χ4n) is 1.80. The first-order chi connectivity index (χ1) is 8.91. The molecule has 0 unspecified atom stereocenters. The molecular weight excluding hydrogens is 286 g/mol. The lowest BCUT2D eigenvalue weighted by Gasteiger charge is -2.09. The summed E-state index contributed by atoms with van der Waals surface area (Å²) in [5.41, 5.74) is 2.01. The molecule has 0 fully saturated rings. The lowest BCUT2D eigenvalue weighted by atomic mass is 9.99. The van der Waals surface area contributed by atoms with Gasteiger partial charge in [-0.15, -0.1) is 0 Å². The van der Waals surface area contributed by atoms with Crippen LogP contribution < -0.4 is 0 Å². The normalized spacial score (nSPS) is 10.6. The molecule has 0 saturated heterocycles.